The molecule has 0 radical (unpaired) electrons. The molecule has 0 unspecified atom stereocenters. The lowest BCUT2D eigenvalue weighted by Gasteiger charge is -2.02. The molecule has 0 aliphatic carbocycles. The van der Waals surface area contributed by atoms with E-state index in [-0.39, 0.29) is 23.8 Å². The maximum atomic E-state index is 11.6. The summed E-state index contributed by atoms with van der Waals surface area (Å²) in [5, 5.41) is 14.8. The molecular weight excluding hydrogens is 252 g/mol. The van der Waals surface area contributed by atoms with Gasteiger partial charge >= 0.3 is 5.97 Å². The van der Waals surface area contributed by atoms with Crippen LogP contribution in [0.2, 0.25) is 0 Å². The van der Waals surface area contributed by atoms with Gasteiger partial charge in [-0.15, -0.1) is 0 Å². The van der Waals surface area contributed by atoms with E-state index in [2.05, 4.69) is 25.0 Å². The van der Waals surface area contributed by atoms with Gasteiger partial charge in [-0.3, -0.25) is 9.78 Å². The van der Waals surface area contributed by atoms with E-state index >= 15 is 0 Å². The van der Waals surface area contributed by atoms with E-state index in [0.29, 0.717) is 5.69 Å². The van der Waals surface area contributed by atoms with Crippen molar-refractivity contribution in [1.82, 2.24) is 20.4 Å². The molecule has 1 amide bonds. The Morgan fingerprint density at radius 3 is 2.89 bits per heavy atom. The van der Waals surface area contributed by atoms with E-state index in [4.69, 9.17) is 5.11 Å². The fourth-order valence-electron chi connectivity index (χ4n) is 1.35. The van der Waals surface area contributed by atoms with Crippen molar-refractivity contribution < 1.29 is 19.2 Å². The average Bonchev–Trinajstić information content (AvgIpc) is 2.83. The molecule has 19 heavy (non-hydrogen) atoms. The number of carboxylic acids is 1. The van der Waals surface area contributed by atoms with E-state index in [9.17, 15) is 9.59 Å². The van der Waals surface area contributed by atoms with Crippen molar-refractivity contribution in [3.8, 4) is 0 Å². The highest BCUT2D eigenvalue weighted by Gasteiger charge is 2.12. The van der Waals surface area contributed by atoms with Gasteiger partial charge in [-0.2, -0.15) is 4.98 Å². The monoisotopic (exact) mass is 262 g/mol. The van der Waals surface area contributed by atoms with Gasteiger partial charge in [0, 0.05) is 13.1 Å². The van der Waals surface area contributed by atoms with E-state index in [0.717, 1.165) is 0 Å². The van der Waals surface area contributed by atoms with Crippen LogP contribution in [0.15, 0.2) is 22.9 Å². The third-order valence-corrected chi connectivity index (χ3v) is 2.22. The summed E-state index contributed by atoms with van der Waals surface area (Å²) < 4.78 is 4.67. The SMILES string of the molecule is Cc1nc(C(=O)NCc2cc(C(=O)O)ccn2)no1. The van der Waals surface area contributed by atoms with Crippen LogP contribution in [0.3, 0.4) is 0 Å². The fourth-order valence-corrected chi connectivity index (χ4v) is 1.35. The molecule has 0 aliphatic rings. The van der Waals surface area contributed by atoms with Crippen LogP contribution in [0, 0.1) is 6.92 Å². The second-order valence-corrected chi connectivity index (χ2v) is 3.66. The largest absolute Gasteiger partial charge is 0.478 e. The number of aryl methyl sites for hydroxylation is 1. The predicted molar refractivity (Wildman–Crippen MR) is 61.4 cm³/mol. The first kappa shape index (κ1) is 12.7. The molecule has 8 heteroatoms. The van der Waals surface area contributed by atoms with Crippen molar-refractivity contribution in [3.05, 3.63) is 41.3 Å². The zero-order valence-electron chi connectivity index (χ0n) is 9.95. The summed E-state index contributed by atoms with van der Waals surface area (Å²) in [6.07, 6.45) is 1.36. The Morgan fingerprint density at radius 1 is 1.47 bits per heavy atom. The molecule has 8 nitrogen and oxygen atoms in total. The fraction of sp³-hybridized carbons (Fsp3) is 0.182. The van der Waals surface area contributed by atoms with Gasteiger partial charge in [0.2, 0.25) is 5.89 Å². The summed E-state index contributed by atoms with van der Waals surface area (Å²) in [5.74, 6) is -1.36. The number of nitrogens with zero attached hydrogens (tertiary/aromatic N) is 3. The van der Waals surface area contributed by atoms with Gasteiger partial charge in [0.1, 0.15) is 0 Å². The summed E-state index contributed by atoms with van der Waals surface area (Å²) in [6.45, 7) is 1.65. The van der Waals surface area contributed by atoms with Crippen molar-refractivity contribution in [2.24, 2.45) is 0 Å². The van der Waals surface area contributed by atoms with Crippen LogP contribution in [0.1, 0.15) is 32.6 Å². The Morgan fingerprint density at radius 2 is 2.26 bits per heavy atom. The number of carbonyl (C=O) groups is 2. The van der Waals surface area contributed by atoms with E-state index in [1.54, 1.807) is 6.92 Å². The summed E-state index contributed by atoms with van der Waals surface area (Å²) >= 11 is 0. The summed E-state index contributed by atoms with van der Waals surface area (Å²) in [6, 6.07) is 2.75. The molecule has 2 aromatic heterocycles. The molecule has 98 valence electrons. The first-order valence-electron chi connectivity index (χ1n) is 5.33. The number of rotatable bonds is 4. The van der Waals surface area contributed by atoms with Crippen molar-refractivity contribution in [2.75, 3.05) is 0 Å². The zero-order valence-corrected chi connectivity index (χ0v) is 9.95. The third kappa shape index (κ3) is 3.12. The lowest BCUT2D eigenvalue weighted by molar-refractivity contribution is 0.0696. The van der Waals surface area contributed by atoms with Gasteiger partial charge in [0.25, 0.3) is 11.7 Å². The number of hydrogen-bond acceptors (Lipinski definition) is 6. The second-order valence-electron chi connectivity index (χ2n) is 3.66. The molecule has 0 spiro atoms. The topological polar surface area (TPSA) is 118 Å². The normalized spacial score (nSPS) is 10.2. The quantitative estimate of drug-likeness (QED) is 0.818. The molecule has 0 saturated heterocycles. The Kier molecular flexibility index (Phi) is 3.51. The Balaban J connectivity index is 2.01. The average molecular weight is 262 g/mol. The first-order chi connectivity index (χ1) is 9.06. The van der Waals surface area contributed by atoms with E-state index in [1.807, 2.05) is 0 Å². The summed E-state index contributed by atoms with van der Waals surface area (Å²) in [7, 11) is 0. The number of amides is 1. The molecule has 0 saturated carbocycles. The smallest absolute Gasteiger partial charge is 0.335 e. The van der Waals surface area contributed by atoms with Gasteiger partial charge in [0.05, 0.1) is 17.8 Å². The molecule has 2 heterocycles. The molecule has 2 rings (SSSR count). The predicted octanol–water partition coefficient (Wildman–Crippen LogP) is 0.401. The number of carboxylic acid groups (broad SMARTS) is 1. The number of nitrogens with one attached hydrogen (secondary N) is 1. The van der Waals surface area contributed by atoms with Crippen LogP contribution in [0.5, 0.6) is 0 Å². The Bertz CT molecular complexity index is 623. The van der Waals surface area contributed by atoms with E-state index in [1.165, 1.54) is 18.3 Å². The highest BCUT2D eigenvalue weighted by atomic mass is 16.5. The molecule has 0 fully saturated rings. The maximum Gasteiger partial charge on any atom is 0.335 e. The zero-order chi connectivity index (χ0) is 13.8. The van der Waals surface area contributed by atoms with Gasteiger partial charge < -0.3 is 14.9 Å². The van der Waals surface area contributed by atoms with Crippen molar-refractivity contribution in [1.29, 1.82) is 0 Å². The van der Waals surface area contributed by atoms with Crippen molar-refractivity contribution in [3.63, 3.8) is 0 Å². The van der Waals surface area contributed by atoms with Crippen molar-refractivity contribution >= 4 is 11.9 Å². The minimum absolute atomic E-state index is 0.0769. The number of aromatic carboxylic acids is 1. The van der Waals surface area contributed by atoms with Crippen LogP contribution in [0.4, 0.5) is 0 Å². The highest BCUT2D eigenvalue weighted by molar-refractivity contribution is 5.90. The van der Waals surface area contributed by atoms with Crippen LogP contribution in [-0.4, -0.2) is 32.1 Å². The number of carbonyl (C=O) groups excluding carboxylic acids is 1. The second kappa shape index (κ2) is 5.25. The molecule has 0 aromatic carbocycles. The Hall–Kier alpha value is -2.77. The van der Waals surface area contributed by atoms with Crippen LogP contribution in [0.25, 0.3) is 0 Å². The minimum Gasteiger partial charge on any atom is -0.478 e. The molecular formula is C11H10N4O4. The van der Waals surface area contributed by atoms with Crippen LogP contribution < -0.4 is 5.32 Å². The third-order valence-electron chi connectivity index (χ3n) is 2.22. The molecule has 2 N–H and O–H groups in total. The standard InChI is InChI=1S/C11H10N4O4/c1-6-14-9(15-19-6)10(16)13-5-8-4-7(11(17)18)2-3-12-8/h2-4H,5H2,1H3,(H,13,16)(H,17,18). The van der Waals surface area contributed by atoms with Crippen molar-refractivity contribution in [2.45, 2.75) is 13.5 Å². The van der Waals surface area contributed by atoms with E-state index < -0.39 is 11.9 Å². The first-order valence-corrected chi connectivity index (χ1v) is 5.33. The molecule has 0 aliphatic heterocycles. The lowest BCUT2D eigenvalue weighted by Crippen LogP contribution is -2.24. The van der Waals surface area contributed by atoms with Crippen LogP contribution >= 0.6 is 0 Å². The number of aromatic nitrogens is 3. The van der Waals surface area contributed by atoms with Gasteiger partial charge in [-0.25, -0.2) is 4.79 Å². The van der Waals surface area contributed by atoms with Crippen LogP contribution in [-0.2, 0) is 6.54 Å². The summed E-state index contributed by atoms with van der Waals surface area (Å²) in [4.78, 5) is 30.1. The number of hydrogen-bond donors (Lipinski definition) is 2. The highest BCUT2D eigenvalue weighted by Crippen LogP contribution is 2.02. The molecule has 0 atom stereocenters. The Labute approximate surface area is 107 Å². The summed E-state index contributed by atoms with van der Waals surface area (Å²) in [5.41, 5.74) is 0.531. The minimum atomic E-state index is -1.05. The lowest BCUT2D eigenvalue weighted by atomic mass is 10.2. The van der Waals surface area contributed by atoms with Gasteiger partial charge in [-0.1, -0.05) is 5.16 Å². The molecule has 2 aromatic rings. The maximum absolute atomic E-state index is 11.6. The van der Waals surface area contributed by atoms with Gasteiger partial charge in [-0.05, 0) is 12.1 Å². The molecule has 0 bridgehead atoms. The van der Waals surface area contributed by atoms with Gasteiger partial charge in [0.15, 0.2) is 0 Å². The number of pyridine rings is 1.